The third kappa shape index (κ3) is 3.93. The molecule has 0 bridgehead atoms. The van der Waals surface area contributed by atoms with Gasteiger partial charge in [-0.3, -0.25) is 4.98 Å². The van der Waals surface area contributed by atoms with Crippen LogP contribution in [0.3, 0.4) is 0 Å². The van der Waals surface area contributed by atoms with Crippen LogP contribution in [0.25, 0.3) is 0 Å². The van der Waals surface area contributed by atoms with Gasteiger partial charge in [-0.25, -0.2) is 0 Å². The van der Waals surface area contributed by atoms with Gasteiger partial charge in [0.1, 0.15) is 0 Å². The van der Waals surface area contributed by atoms with Crippen molar-refractivity contribution < 1.29 is 0 Å². The van der Waals surface area contributed by atoms with Gasteiger partial charge < -0.3 is 10.6 Å². The molecule has 1 fully saturated rings. The first-order valence-corrected chi connectivity index (χ1v) is 7.67. The lowest BCUT2D eigenvalue weighted by Gasteiger charge is -2.23. The number of nitrogens with zero attached hydrogens (tertiary/aromatic N) is 2. The number of hydrogen-bond acceptors (Lipinski definition) is 3. The molecule has 1 aromatic rings. The van der Waals surface area contributed by atoms with Crippen LogP contribution in [-0.2, 0) is 0 Å². The molecule has 0 aromatic carbocycles. The lowest BCUT2D eigenvalue weighted by molar-refractivity contribution is 0.435. The summed E-state index contributed by atoms with van der Waals surface area (Å²) >= 11 is 0. The van der Waals surface area contributed by atoms with Crippen LogP contribution in [0.15, 0.2) is 18.3 Å². The Labute approximate surface area is 117 Å². The molecular formula is C16H27N3. The van der Waals surface area contributed by atoms with Gasteiger partial charge in [-0.2, -0.15) is 0 Å². The Morgan fingerprint density at radius 2 is 2.21 bits per heavy atom. The smallest absolute Gasteiger partial charge is 0.0569 e. The lowest BCUT2D eigenvalue weighted by atomic mass is 9.96. The molecule has 106 valence electrons. The van der Waals surface area contributed by atoms with Gasteiger partial charge >= 0.3 is 0 Å². The van der Waals surface area contributed by atoms with Crippen molar-refractivity contribution in [3.05, 3.63) is 24.0 Å². The Morgan fingerprint density at radius 1 is 1.37 bits per heavy atom. The molecule has 2 N–H and O–H groups in total. The first-order valence-electron chi connectivity index (χ1n) is 7.67. The molecule has 1 aromatic heterocycles. The second-order valence-electron chi connectivity index (χ2n) is 5.80. The molecule has 0 amide bonds. The summed E-state index contributed by atoms with van der Waals surface area (Å²) in [7, 11) is 0. The van der Waals surface area contributed by atoms with Gasteiger partial charge in [0.05, 0.1) is 17.6 Å². The first-order chi connectivity index (χ1) is 9.20. The molecule has 2 rings (SSSR count). The van der Waals surface area contributed by atoms with Crippen LogP contribution in [0, 0.1) is 5.92 Å². The predicted octanol–water partition coefficient (Wildman–Crippen LogP) is 3.51. The Morgan fingerprint density at radius 3 is 2.84 bits per heavy atom. The molecule has 1 aliphatic heterocycles. The average Bonchev–Trinajstić information content (AvgIpc) is 2.65. The Balaban J connectivity index is 1.97. The van der Waals surface area contributed by atoms with Gasteiger partial charge in [0.2, 0.25) is 0 Å². The van der Waals surface area contributed by atoms with E-state index in [9.17, 15) is 0 Å². The quantitative estimate of drug-likeness (QED) is 0.902. The van der Waals surface area contributed by atoms with Gasteiger partial charge in [0, 0.05) is 19.1 Å². The number of anilines is 1. The third-order valence-corrected chi connectivity index (χ3v) is 4.15. The molecule has 1 saturated heterocycles. The van der Waals surface area contributed by atoms with E-state index in [4.69, 9.17) is 5.73 Å². The van der Waals surface area contributed by atoms with E-state index in [-0.39, 0.29) is 6.04 Å². The monoisotopic (exact) mass is 261 g/mol. The van der Waals surface area contributed by atoms with Crippen LogP contribution < -0.4 is 10.6 Å². The maximum Gasteiger partial charge on any atom is 0.0569 e. The van der Waals surface area contributed by atoms with Crippen LogP contribution in [0.5, 0.6) is 0 Å². The van der Waals surface area contributed by atoms with Crippen LogP contribution in [0.1, 0.15) is 57.7 Å². The zero-order valence-electron chi connectivity index (χ0n) is 12.3. The molecule has 0 aliphatic carbocycles. The standard InChI is InChI=1S/C16H27N3/c1-3-5-14-6-4-10-19(11-9-14)15-7-8-16(13(2)17)18-12-15/h7-8,12-14H,3-6,9-11,17H2,1-2H3/t13-,14?/m1/s1. The molecule has 1 unspecified atom stereocenters. The largest absolute Gasteiger partial charge is 0.370 e. The molecule has 3 nitrogen and oxygen atoms in total. The summed E-state index contributed by atoms with van der Waals surface area (Å²) in [5, 5.41) is 0. The van der Waals surface area contributed by atoms with E-state index >= 15 is 0 Å². The minimum absolute atomic E-state index is 0.0205. The molecule has 19 heavy (non-hydrogen) atoms. The van der Waals surface area contributed by atoms with Gasteiger partial charge in [-0.1, -0.05) is 19.8 Å². The van der Waals surface area contributed by atoms with Crippen LogP contribution in [0.2, 0.25) is 0 Å². The lowest BCUT2D eigenvalue weighted by Crippen LogP contribution is -2.24. The van der Waals surface area contributed by atoms with Crippen LogP contribution in [0.4, 0.5) is 5.69 Å². The summed E-state index contributed by atoms with van der Waals surface area (Å²) in [6, 6.07) is 4.26. The Bertz CT molecular complexity index is 372. The molecule has 2 heterocycles. The number of pyridine rings is 1. The van der Waals surface area contributed by atoms with Gasteiger partial charge in [0.25, 0.3) is 0 Å². The third-order valence-electron chi connectivity index (χ3n) is 4.15. The first kappa shape index (κ1) is 14.3. The van der Waals surface area contributed by atoms with Crippen molar-refractivity contribution >= 4 is 5.69 Å². The summed E-state index contributed by atoms with van der Waals surface area (Å²) in [5.74, 6) is 0.922. The Kier molecular flexibility index (Phi) is 5.20. The molecule has 0 saturated carbocycles. The zero-order valence-corrected chi connectivity index (χ0v) is 12.3. The summed E-state index contributed by atoms with van der Waals surface area (Å²) in [6.45, 7) is 6.60. The minimum atomic E-state index is 0.0205. The summed E-state index contributed by atoms with van der Waals surface area (Å²) < 4.78 is 0. The predicted molar refractivity (Wildman–Crippen MR) is 81.3 cm³/mol. The highest BCUT2D eigenvalue weighted by Gasteiger charge is 2.17. The number of nitrogens with two attached hydrogens (primary N) is 1. The van der Waals surface area contributed by atoms with E-state index in [1.807, 2.05) is 13.1 Å². The van der Waals surface area contributed by atoms with Crippen molar-refractivity contribution in [2.75, 3.05) is 18.0 Å². The van der Waals surface area contributed by atoms with Crippen LogP contribution >= 0.6 is 0 Å². The summed E-state index contributed by atoms with van der Waals surface area (Å²) in [4.78, 5) is 6.95. The van der Waals surface area contributed by atoms with Crippen molar-refractivity contribution in [3.63, 3.8) is 0 Å². The normalized spacial score (nSPS) is 22.1. The second kappa shape index (κ2) is 6.90. The van der Waals surface area contributed by atoms with E-state index in [2.05, 4.69) is 28.9 Å². The van der Waals surface area contributed by atoms with Crippen LogP contribution in [-0.4, -0.2) is 18.1 Å². The highest BCUT2D eigenvalue weighted by Crippen LogP contribution is 2.25. The van der Waals surface area contributed by atoms with Gasteiger partial charge in [0.15, 0.2) is 0 Å². The zero-order chi connectivity index (χ0) is 13.7. The second-order valence-corrected chi connectivity index (χ2v) is 5.80. The van der Waals surface area contributed by atoms with E-state index in [1.165, 1.54) is 50.9 Å². The van der Waals surface area contributed by atoms with Crippen molar-refractivity contribution in [2.24, 2.45) is 11.7 Å². The Hall–Kier alpha value is -1.09. The fourth-order valence-electron chi connectivity index (χ4n) is 2.97. The fourth-order valence-corrected chi connectivity index (χ4v) is 2.97. The van der Waals surface area contributed by atoms with E-state index < -0.39 is 0 Å². The molecule has 0 radical (unpaired) electrons. The van der Waals surface area contributed by atoms with E-state index in [1.54, 1.807) is 0 Å². The van der Waals surface area contributed by atoms with Crippen molar-refractivity contribution in [2.45, 2.75) is 52.0 Å². The van der Waals surface area contributed by atoms with E-state index in [0.717, 1.165) is 11.6 Å². The highest BCUT2D eigenvalue weighted by atomic mass is 15.1. The summed E-state index contributed by atoms with van der Waals surface area (Å²) in [6.07, 6.45) is 8.70. The number of aromatic nitrogens is 1. The van der Waals surface area contributed by atoms with Crippen molar-refractivity contribution in [3.8, 4) is 0 Å². The topological polar surface area (TPSA) is 42.1 Å². The molecule has 3 heteroatoms. The molecule has 0 spiro atoms. The molecular weight excluding hydrogens is 234 g/mol. The summed E-state index contributed by atoms with van der Waals surface area (Å²) in [5.41, 5.74) is 8.07. The van der Waals surface area contributed by atoms with E-state index in [0.29, 0.717) is 0 Å². The van der Waals surface area contributed by atoms with Gasteiger partial charge in [-0.15, -0.1) is 0 Å². The fraction of sp³-hybridized carbons (Fsp3) is 0.688. The minimum Gasteiger partial charge on any atom is -0.370 e. The SMILES string of the molecule is CCCC1CCCN(c2ccc([C@@H](C)N)nc2)CC1. The molecule has 1 aliphatic rings. The van der Waals surface area contributed by atoms with Gasteiger partial charge in [-0.05, 0) is 44.2 Å². The highest BCUT2D eigenvalue weighted by molar-refractivity contribution is 5.44. The number of rotatable bonds is 4. The molecule has 2 atom stereocenters. The number of hydrogen-bond donors (Lipinski definition) is 1. The average molecular weight is 261 g/mol. The maximum absolute atomic E-state index is 5.84. The van der Waals surface area contributed by atoms with Crippen molar-refractivity contribution in [1.29, 1.82) is 0 Å². The van der Waals surface area contributed by atoms with Crippen molar-refractivity contribution in [1.82, 2.24) is 4.98 Å². The maximum atomic E-state index is 5.84.